The van der Waals surface area contributed by atoms with Crippen LogP contribution in [0, 0.1) is 0 Å². The van der Waals surface area contributed by atoms with Crippen molar-refractivity contribution in [2.24, 2.45) is 0 Å². The second kappa shape index (κ2) is 5.39. The minimum atomic E-state index is -0.353. The highest BCUT2D eigenvalue weighted by molar-refractivity contribution is 6.16. The number of ether oxygens (including phenoxy) is 1. The van der Waals surface area contributed by atoms with Crippen molar-refractivity contribution in [2.45, 2.75) is 24.6 Å². The Hall–Kier alpha value is -1.26. The van der Waals surface area contributed by atoms with E-state index in [2.05, 4.69) is 4.98 Å². The Kier molecular flexibility index (Phi) is 4.02. The van der Waals surface area contributed by atoms with E-state index in [1.54, 1.807) is 0 Å². The van der Waals surface area contributed by atoms with Crippen LogP contribution in [0.5, 0.6) is 0 Å². The number of rotatable bonds is 3. The van der Waals surface area contributed by atoms with Crippen LogP contribution in [0.2, 0.25) is 0 Å². The maximum Gasteiger partial charge on any atom is 0.341 e. The molecule has 2 aromatic heterocycles. The van der Waals surface area contributed by atoms with Gasteiger partial charge in [0.05, 0.1) is 18.7 Å². The molecule has 2 aromatic rings. The summed E-state index contributed by atoms with van der Waals surface area (Å²) in [7, 11) is 1.38. The third-order valence-corrected chi connectivity index (χ3v) is 3.49. The number of carbonyl (C=O) groups is 1. The highest BCUT2D eigenvalue weighted by Gasteiger charge is 2.26. The van der Waals surface area contributed by atoms with Crippen LogP contribution in [-0.4, -0.2) is 22.5 Å². The van der Waals surface area contributed by atoms with Gasteiger partial charge in [0.1, 0.15) is 5.56 Å². The van der Waals surface area contributed by atoms with Crippen molar-refractivity contribution in [1.29, 1.82) is 0 Å². The average Bonchev–Trinajstić information content (AvgIpc) is 3.16. The first-order valence-corrected chi connectivity index (χ1v) is 6.42. The lowest BCUT2D eigenvalue weighted by molar-refractivity contribution is 0.0602. The monoisotopic (exact) mass is 300 g/mol. The molecule has 0 N–H and O–H groups in total. The van der Waals surface area contributed by atoms with E-state index in [-0.39, 0.29) is 18.4 Å². The molecular formula is C13H14Cl2N2O2. The zero-order chi connectivity index (χ0) is 12.7. The minimum Gasteiger partial charge on any atom is -0.465 e. The lowest BCUT2D eigenvalue weighted by atomic mass is 10.1. The van der Waals surface area contributed by atoms with E-state index < -0.39 is 0 Å². The van der Waals surface area contributed by atoms with E-state index in [4.69, 9.17) is 16.3 Å². The van der Waals surface area contributed by atoms with E-state index in [0.717, 1.165) is 5.69 Å². The van der Waals surface area contributed by atoms with Crippen molar-refractivity contribution in [3.05, 3.63) is 35.3 Å². The molecular weight excluding hydrogens is 287 g/mol. The zero-order valence-corrected chi connectivity index (χ0v) is 12.0. The van der Waals surface area contributed by atoms with Crippen LogP contribution in [0.3, 0.4) is 0 Å². The first-order valence-electron chi connectivity index (χ1n) is 5.88. The standard InChI is InChI=1S/C13H13ClN2O2.ClH/c1-18-13(17)11-4-9(8-2-3-8)6-16-7-10(5-14)15-12(11)16;/h4,6-8H,2-3,5H2,1H3;1H. The van der Waals surface area contributed by atoms with Crippen molar-refractivity contribution >= 4 is 35.6 Å². The Labute approximate surface area is 122 Å². The molecule has 1 fully saturated rings. The minimum absolute atomic E-state index is 0. The van der Waals surface area contributed by atoms with Crippen LogP contribution >= 0.6 is 24.0 Å². The van der Waals surface area contributed by atoms with Crippen LogP contribution in [0.1, 0.15) is 40.4 Å². The van der Waals surface area contributed by atoms with Gasteiger partial charge < -0.3 is 9.14 Å². The number of imidazole rings is 1. The predicted molar refractivity (Wildman–Crippen MR) is 75.3 cm³/mol. The smallest absolute Gasteiger partial charge is 0.341 e. The number of carbonyl (C=O) groups excluding carboxylic acids is 1. The highest BCUT2D eigenvalue weighted by atomic mass is 35.5. The number of methoxy groups -OCH3 is 1. The Bertz CT molecular complexity index is 620. The van der Waals surface area contributed by atoms with Crippen LogP contribution in [0.25, 0.3) is 5.65 Å². The number of aromatic nitrogens is 2. The normalized spacial score (nSPS) is 14.2. The van der Waals surface area contributed by atoms with E-state index in [1.165, 1.54) is 25.5 Å². The summed E-state index contributed by atoms with van der Waals surface area (Å²) < 4.78 is 6.69. The van der Waals surface area contributed by atoms with Crippen molar-refractivity contribution in [2.75, 3.05) is 7.11 Å². The molecule has 102 valence electrons. The summed E-state index contributed by atoms with van der Waals surface area (Å²) >= 11 is 5.79. The lowest BCUT2D eigenvalue weighted by Gasteiger charge is -2.05. The zero-order valence-electron chi connectivity index (χ0n) is 10.4. The quantitative estimate of drug-likeness (QED) is 0.646. The van der Waals surface area contributed by atoms with Gasteiger partial charge in [-0.05, 0) is 30.4 Å². The Morgan fingerprint density at radius 1 is 1.53 bits per heavy atom. The largest absolute Gasteiger partial charge is 0.465 e. The number of hydrogen-bond acceptors (Lipinski definition) is 3. The summed E-state index contributed by atoms with van der Waals surface area (Å²) in [4.78, 5) is 16.2. The molecule has 0 aromatic carbocycles. The van der Waals surface area contributed by atoms with Gasteiger partial charge in [-0.15, -0.1) is 24.0 Å². The summed E-state index contributed by atoms with van der Waals surface area (Å²) in [5.41, 5.74) is 3.05. The van der Waals surface area contributed by atoms with Gasteiger partial charge in [0.2, 0.25) is 0 Å². The molecule has 0 radical (unpaired) electrons. The predicted octanol–water partition coefficient (Wildman–Crippen LogP) is 3.16. The van der Waals surface area contributed by atoms with Crippen molar-refractivity contribution in [3.63, 3.8) is 0 Å². The van der Waals surface area contributed by atoms with Gasteiger partial charge in [0.15, 0.2) is 5.65 Å². The molecule has 3 rings (SSSR count). The van der Waals surface area contributed by atoms with Crippen molar-refractivity contribution < 1.29 is 9.53 Å². The van der Waals surface area contributed by atoms with Gasteiger partial charge in [-0.25, -0.2) is 9.78 Å². The SMILES string of the molecule is COC(=O)c1cc(C2CC2)cn2cc(CCl)nc12.Cl. The maximum absolute atomic E-state index is 11.8. The summed E-state index contributed by atoms with van der Waals surface area (Å²) in [6.45, 7) is 0. The van der Waals surface area contributed by atoms with Gasteiger partial charge in [-0.3, -0.25) is 0 Å². The van der Waals surface area contributed by atoms with Crippen LogP contribution in [0.4, 0.5) is 0 Å². The average molecular weight is 301 g/mol. The number of nitrogens with zero attached hydrogens (tertiary/aromatic N) is 2. The van der Waals surface area contributed by atoms with E-state index in [1.807, 2.05) is 22.9 Å². The van der Waals surface area contributed by atoms with Crippen LogP contribution < -0.4 is 0 Å². The van der Waals surface area contributed by atoms with Gasteiger partial charge in [0.25, 0.3) is 0 Å². The topological polar surface area (TPSA) is 43.6 Å². The number of pyridine rings is 1. The van der Waals surface area contributed by atoms with Gasteiger partial charge in [-0.1, -0.05) is 0 Å². The Morgan fingerprint density at radius 2 is 2.26 bits per heavy atom. The molecule has 0 bridgehead atoms. The van der Waals surface area contributed by atoms with Crippen LogP contribution in [0.15, 0.2) is 18.5 Å². The molecule has 4 nitrogen and oxygen atoms in total. The number of esters is 1. The number of fused-ring (bicyclic) bond motifs is 1. The lowest BCUT2D eigenvalue weighted by Crippen LogP contribution is -2.05. The molecule has 1 aliphatic rings. The number of halogens is 2. The molecule has 0 amide bonds. The molecule has 1 aliphatic carbocycles. The first kappa shape index (κ1) is 14.2. The second-order valence-corrected chi connectivity index (χ2v) is 4.82. The molecule has 0 atom stereocenters. The molecule has 6 heteroatoms. The first-order chi connectivity index (χ1) is 8.72. The molecule has 0 saturated heterocycles. The number of hydrogen-bond donors (Lipinski definition) is 0. The van der Waals surface area contributed by atoms with Gasteiger partial charge in [0, 0.05) is 12.4 Å². The molecule has 0 aliphatic heterocycles. The summed E-state index contributed by atoms with van der Waals surface area (Å²) in [5.74, 6) is 0.551. The van der Waals surface area contributed by atoms with E-state index >= 15 is 0 Å². The molecule has 0 spiro atoms. The second-order valence-electron chi connectivity index (χ2n) is 4.55. The van der Waals surface area contributed by atoms with Gasteiger partial charge >= 0.3 is 5.97 Å². The van der Waals surface area contributed by atoms with E-state index in [9.17, 15) is 4.79 Å². The van der Waals surface area contributed by atoms with Crippen LogP contribution in [-0.2, 0) is 10.6 Å². The van der Waals surface area contributed by atoms with Crippen molar-refractivity contribution in [3.8, 4) is 0 Å². The fourth-order valence-electron chi connectivity index (χ4n) is 2.14. The number of alkyl halides is 1. The summed E-state index contributed by atoms with van der Waals surface area (Å²) in [6, 6.07) is 1.89. The highest BCUT2D eigenvalue weighted by Crippen LogP contribution is 2.40. The van der Waals surface area contributed by atoms with Gasteiger partial charge in [-0.2, -0.15) is 0 Å². The molecule has 19 heavy (non-hydrogen) atoms. The molecule has 1 saturated carbocycles. The molecule has 2 heterocycles. The van der Waals surface area contributed by atoms with Crippen molar-refractivity contribution in [1.82, 2.24) is 9.38 Å². The third kappa shape index (κ3) is 2.55. The molecule has 0 unspecified atom stereocenters. The fourth-order valence-corrected chi connectivity index (χ4v) is 2.26. The fraction of sp³-hybridized carbons (Fsp3) is 0.385. The summed E-state index contributed by atoms with van der Waals surface area (Å²) in [5, 5.41) is 0. The van der Waals surface area contributed by atoms with E-state index in [0.29, 0.717) is 23.0 Å². The third-order valence-electron chi connectivity index (χ3n) is 3.21. The Morgan fingerprint density at radius 3 is 2.84 bits per heavy atom. The Balaban J connectivity index is 0.00000133. The summed E-state index contributed by atoms with van der Waals surface area (Å²) in [6.07, 6.45) is 6.26. The maximum atomic E-state index is 11.8.